The monoisotopic (exact) mass is 416 g/mol. The van der Waals surface area contributed by atoms with Crippen molar-refractivity contribution in [3.63, 3.8) is 0 Å². The van der Waals surface area contributed by atoms with E-state index in [4.69, 9.17) is 4.74 Å². The lowest BCUT2D eigenvalue weighted by Gasteiger charge is -2.61. The molecule has 0 aromatic heterocycles. The molecule has 1 amide bonds. The Hall–Kier alpha value is -2.33. The van der Waals surface area contributed by atoms with E-state index in [1.165, 1.54) is 38.5 Å². The molecule has 4 saturated carbocycles. The molecule has 4 nitrogen and oxygen atoms in total. The molecule has 162 valence electrons. The third-order valence-corrected chi connectivity index (χ3v) is 8.30. The SMILES string of the molecule is O=C(c1cccc(Oc2ccccc2)c1)N1CCN(C23CC4CC(CC(C4)C2)C3)CC1. The minimum Gasteiger partial charge on any atom is -0.457 e. The van der Waals surface area contributed by atoms with Crippen molar-refractivity contribution in [3.8, 4) is 11.5 Å². The van der Waals surface area contributed by atoms with Gasteiger partial charge in [0.1, 0.15) is 11.5 Å². The molecule has 4 heteroatoms. The third kappa shape index (κ3) is 3.65. The van der Waals surface area contributed by atoms with Crippen LogP contribution in [0.15, 0.2) is 54.6 Å². The quantitative estimate of drug-likeness (QED) is 0.686. The summed E-state index contributed by atoms with van der Waals surface area (Å²) in [5.41, 5.74) is 1.17. The lowest BCUT2D eigenvalue weighted by atomic mass is 9.52. The highest BCUT2D eigenvalue weighted by Crippen LogP contribution is 2.57. The summed E-state index contributed by atoms with van der Waals surface area (Å²) in [7, 11) is 0. The Morgan fingerprint density at radius 1 is 0.774 bits per heavy atom. The van der Waals surface area contributed by atoms with E-state index < -0.39 is 0 Å². The molecule has 0 atom stereocenters. The van der Waals surface area contributed by atoms with Crippen LogP contribution in [0.25, 0.3) is 0 Å². The fraction of sp³-hybridized carbons (Fsp3) is 0.519. The third-order valence-electron chi connectivity index (χ3n) is 8.30. The molecule has 0 spiro atoms. The molecule has 31 heavy (non-hydrogen) atoms. The summed E-state index contributed by atoms with van der Waals surface area (Å²) in [5.74, 6) is 4.54. The highest BCUT2D eigenvalue weighted by atomic mass is 16.5. The van der Waals surface area contributed by atoms with Crippen molar-refractivity contribution in [2.45, 2.75) is 44.1 Å². The average molecular weight is 417 g/mol. The largest absolute Gasteiger partial charge is 0.457 e. The van der Waals surface area contributed by atoms with Crippen LogP contribution in [0, 0.1) is 17.8 Å². The normalized spacial score (nSPS) is 32.3. The summed E-state index contributed by atoms with van der Waals surface area (Å²) < 4.78 is 5.93. The number of amides is 1. The molecule has 7 rings (SSSR count). The Bertz CT molecular complexity index is 913. The summed E-state index contributed by atoms with van der Waals surface area (Å²) in [6.07, 6.45) is 8.68. The van der Waals surface area contributed by atoms with Gasteiger partial charge in [0.2, 0.25) is 0 Å². The number of rotatable bonds is 4. The van der Waals surface area contributed by atoms with Crippen molar-refractivity contribution >= 4 is 5.91 Å². The molecular weight excluding hydrogens is 384 g/mol. The first-order valence-corrected chi connectivity index (χ1v) is 12.0. The maximum absolute atomic E-state index is 13.2. The van der Waals surface area contributed by atoms with Crippen LogP contribution in [0.4, 0.5) is 0 Å². The van der Waals surface area contributed by atoms with Gasteiger partial charge < -0.3 is 9.64 Å². The van der Waals surface area contributed by atoms with E-state index in [1.807, 2.05) is 59.5 Å². The Kier molecular flexibility index (Phi) is 4.79. The van der Waals surface area contributed by atoms with E-state index in [-0.39, 0.29) is 5.91 Å². The molecule has 2 aromatic carbocycles. The van der Waals surface area contributed by atoms with E-state index in [9.17, 15) is 4.79 Å². The minimum atomic E-state index is 0.128. The second-order valence-corrected chi connectivity index (χ2v) is 10.4. The van der Waals surface area contributed by atoms with Crippen molar-refractivity contribution in [2.24, 2.45) is 17.8 Å². The van der Waals surface area contributed by atoms with Crippen LogP contribution < -0.4 is 4.74 Å². The maximum Gasteiger partial charge on any atom is 0.254 e. The smallest absolute Gasteiger partial charge is 0.254 e. The number of hydrogen-bond acceptors (Lipinski definition) is 3. The Morgan fingerprint density at radius 3 is 2.03 bits per heavy atom. The molecule has 4 bridgehead atoms. The number of para-hydroxylation sites is 1. The first-order valence-electron chi connectivity index (χ1n) is 12.0. The van der Waals surface area contributed by atoms with Crippen LogP contribution >= 0.6 is 0 Å². The van der Waals surface area contributed by atoms with Gasteiger partial charge >= 0.3 is 0 Å². The molecular formula is C27H32N2O2. The predicted octanol–water partition coefficient (Wildman–Crippen LogP) is 5.21. The minimum absolute atomic E-state index is 0.128. The summed E-state index contributed by atoms with van der Waals surface area (Å²) in [6.45, 7) is 3.73. The van der Waals surface area contributed by atoms with Crippen LogP contribution in [-0.2, 0) is 0 Å². The first-order chi connectivity index (χ1) is 15.2. The van der Waals surface area contributed by atoms with Gasteiger partial charge in [-0.25, -0.2) is 0 Å². The van der Waals surface area contributed by atoms with Gasteiger partial charge in [-0.3, -0.25) is 9.69 Å². The maximum atomic E-state index is 13.2. The van der Waals surface area contributed by atoms with Crippen molar-refractivity contribution in [1.82, 2.24) is 9.80 Å². The summed E-state index contributed by atoms with van der Waals surface area (Å²) in [5, 5.41) is 0. The fourth-order valence-corrected chi connectivity index (χ4v) is 7.34. The molecule has 5 fully saturated rings. The molecule has 1 heterocycles. The second kappa shape index (κ2) is 7.67. The zero-order chi connectivity index (χ0) is 20.8. The van der Waals surface area contributed by atoms with Gasteiger partial charge in [0.25, 0.3) is 5.91 Å². The molecule has 1 saturated heterocycles. The highest BCUT2D eigenvalue weighted by molar-refractivity contribution is 5.94. The highest BCUT2D eigenvalue weighted by Gasteiger charge is 2.53. The number of ether oxygens (including phenoxy) is 1. The van der Waals surface area contributed by atoms with Gasteiger partial charge in [-0.1, -0.05) is 24.3 Å². The van der Waals surface area contributed by atoms with Crippen molar-refractivity contribution in [1.29, 1.82) is 0 Å². The molecule has 1 aliphatic heterocycles. The van der Waals surface area contributed by atoms with Crippen LogP contribution in [0.3, 0.4) is 0 Å². The lowest BCUT2D eigenvalue weighted by molar-refractivity contribution is -0.0987. The summed E-state index contributed by atoms with van der Waals surface area (Å²) in [4.78, 5) is 18.0. The Morgan fingerprint density at radius 2 is 1.39 bits per heavy atom. The van der Waals surface area contributed by atoms with Crippen LogP contribution in [0.2, 0.25) is 0 Å². The second-order valence-electron chi connectivity index (χ2n) is 10.4. The van der Waals surface area contributed by atoms with Gasteiger partial charge in [-0.05, 0) is 86.6 Å². The summed E-state index contributed by atoms with van der Waals surface area (Å²) >= 11 is 0. The lowest BCUT2D eigenvalue weighted by Crippen LogP contribution is -2.64. The van der Waals surface area contributed by atoms with E-state index in [1.54, 1.807) is 0 Å². The predicted molar refractivity (Wildman–Crippen MR) is 121 cm³/mol. The van der Waals surface area contributed by atoms with E-state index in [0.717, 1.165) is 55.2 Å². The number of carbonyl (C=O) groups excluding carboxylic acids is 1. The zero-order valence-electron chi connectivity index (χ0n) is 18.2. The van der Waals surface area contributed by atoms with Gasteiger partial charge in [-0.15, -0.1) is 0 Å². The van der Waals surface area contributed by atoms with Crippen molar-refractivity contribution in [2.75, 3.05) is 26.2 Å². The van der Waals surface area contributed by atoms with Crippen molar-refractivity contribution in [3.05, 3.63) is 60.2 Å². The molecule has 4 aliphatic carbocycles. The Balaban J connectivity index is 1.11. The number of piperazine rings is 1. The number of carbonyl (C=O) groups is 1. The van der Waals surface area contributed by atoms with Crippen molar-refractivity contribution < 1.29 is 9.53 Å². The van der Waals surface area contributed by atoms with Gasteiger partial charge in [0.05, 0.1) is 0 Å². The number of hydrogen-bond donors (Lipinski definition) is 0. The van der Waals surface area contributed by atoms with Gasteiger partial charge in [0.15, 0.2) is 0 Å². The standard InChI is InChI=1S/C27H32N2O2/c30-26(23-5-4-8-25(16-23)31-24-6-2-1-3-7-24)28-9-11-29(12-10-28)27-17-20-13-21(18-27)15-22(14-20)19-27/h1-8,16,20-22H,9-15,17-19H2. The van der Waals surface area contributed by atoms with Crippen LogP contribution in [-0.4, -0.2) is 47.4 Å². The molecule has 0 unspecified atom stereocenters. The fourth-order valence-electron chi connectivity index (χ4n) is 7.34. The van der Waals surface area contributed by atoms with E-state index in [2.05, 4.69) is 4.90 Å². The molecule has 0 radical (unpaired) electrons. The average Bonchev–Trinajstić information content (AvgIpc) is 2.79. The first kappa shape index (κ1) is 19.4. The molecule has 2 aromatic rings. The topological polar surface area (TPSA) is 32.8 Å². The zero-order valence-corrected chi connectivity index (χ0v) is 18.2. The Labute approximate surface area is 185 Å². The molecule has 5 aliphatic rings. The summed E-state index contributed by atoms with van der Waals surface area (Å²) in [6, 6.07) is 17.3. The van der Waals surface area contributed by atoms with Crippen LogP contribution in [0.5, 0.6) is 11.5 Å². The van der Waals surface area contributed by atoms with E-state index >= 15 is 0 Å². The van der Waals surface area contributed by atoms with Gasteiger partial charge in [-0.2, -0.15) is 0 Å². The number of benzene rings is 2. The van der Waals surface area contributed by atoms with Crippen LogP contribution in [0.1, 0.15) is 48.9 Å². The number of nitrogens with zero attached hydrogens (tertiary/aromatic N) is 2. The van der Waals surface area contributed by atoms with E-state index in [0.29, 0.717) is 11.3 Å². The van der Waals surface area contributed by atoms with Gasteiger partial charge in [0, 0.05) is 37.3 Å². The molecule has 0 N–H and O–H groups in total.